The molecule has 0 spiro atoms. The molecule has 11 nitrogen and oxygen atoms in total. The molecule has 3 amide bonds. The first kappa shape index (κ1) is 26.4. The van der Waals surface area contributed by atoms with Crippen molar-refractivity contribution in [3.8, 4) is 0 Å². The third kappa shape index (κ3) is 8.97. The van der Waals surface area contributed by atoms with Gasteiger partial charge < -0.3 is 31.8 Å². The Morgan fingerprint density at radius 1 is 1.10 bits per heavy atom. The number of aliphatic carboxylic acids is 1. The summed E-state index contributed by atoms with van der Waals surface area (Å²) in [6.45, 7) is 5.05. The van der Waals surface area contributed by atoms with Gasteiger partial charge in [0.25, 0.3) is 0 Å². The number of rotatable bonds is 13. The van der Waals surface area contributed by atoms with Crippen molar-refractivity contribution in [1.29, 1.82) is 0 Å². The summed E-state index contributed by atoms with van der Waals surface area (Å²) in [6.07, 6.45) is 5.08. The number of hydrogen-bond donors (Lipinski definition) is 6. The van der Waals surface area contributed by atoms with E-state index in [0.717, 1.165) is 0 Å². The SMILES string of the molecule is CSCCC(NC(=O)C(Cc1cnc[nH]1)NC(=O)C(C)NC(=O)C(N)C(C)C)C(=O)O. The quantitative estimate of drug-likeness (QED) is 0.224. The van der Waals surface area contributed by atoms with Crippen LogP contribution in [0.15, 0.2) is 12.5 Å². The van der Waals surface area contributed by atoms with Gasteiger partial charge in [-0.15, -0.1) is 0 Å². The average molecular weight is 457 g/mol. The van der Waals surface area contributed by atoms with E-state index in [2.05, 4.69) is 25.9 Å². The van der Waals surface area contributed by atoms with E-state index in [1.807, 2.05) is 6.26 Å². The predicted molar refractivity (Wildman–Crippen MR) is 117 cm³/mol. The number of imidazole rings is 1. The van der Waals surface area contributed by atoms with Crippen LogP contribution < -0.4 is 21.7 Å². The Morgan fingerprint density at radius 3 is 2.26 bits per heavy atom. The molecule has 31 heavy (non-hydrogen) atoms. The molecule has 7 N–H and O–H groups in total. The summed E-state index contributed by atoms with van der Waals surface area (Å²) in [5.74, 6) is -2.43. The normalized spacial score (nSPS) is 14.9. The van der Waals surface area contributed by atoms with Gasteiger partial charge in [0.1, 0.15) is 18.1 Å². The fourth-order valence-electron chi connectivity index (χ4n) is 2.57. The van der Waals surface area contributed by atoms with E-state index in [4.69, 9.17) is 5.73 Å². The number of nitrogens with one attached hydrogen (secondary N) is 4. The maximum atomic E-state index is 12.8. The van der Waals surface area contributed by atoms with E-state index in [-0.39, 0.29) is 18.8 Å². The first-order chi connectivity index (χ1) is 14.6. The van der Waals surface area contributed by atoms with Crippen LogP contribution in [-0.2, 0) is 25.6 Å². The van der Waals surface area contributed by atoms with Crippen LogP contribution in [-0.4, -0.2) is 74.9 Å². The van der Waals surface area contributed by atoms with E-state index in [0.29, 0.717) is 11.4 Å². The van der Waals surface area contributed by atoms with Gasteiger partial charge in [-0.3, -0.25) is 14.4 Å². The zero-order valence-electron chi connectivity index (χ0n) is 18.2. The number of hydrogen-bond acceptors (Lipinski definition) is 7. The molecule has 174 valence electrons. The second kappa shape index (κ2) is 13.0. The summed E-state index contributed by atoms with van der Waals surface area (Å²) in [5, 5.41) is 16.9. The first-order valence-electron chi connectivity index (χ1n) is 9.92. The summed E-state index contributed by atoms with van der Waals surface area (Å²) in [6, 6.07) is -3.86. The second-order valence-corrected chi connectivity index (χ2v) is 8.51. The molecular weight excluding hydrogens is 424 g/mol. The number of carbonyl (C=O) groups is 4. The highest BCUT2D eigenvalue weighted by atomic mass is 32.2. The first-order valence-corrected chi connectivity index (χ1v) is 11.3. The second-order valence-electron chi connectivity index (χ2n) is 7.52. The number of thioether (sulfide) groups is 1. The van der Waals surface area contributed by atoms with E-state index in [1.54, 1.807) is 13.8 Å². The Kier molecular flexibility index (Phi) is 11.0. The van der Waals surface area contributed by atoms with Gasteiger partial charge in [-0.2, -0.15) is 11.8 Å². The molecule has 4 atom stereocenters. The highest BCUT2D eigenvalue weighted by molar-refractivity contribution is 7.98. The third-order valence-corrected chi connectivity index (χ3v) is 5.25. The smallest absolute Gasteiger partial charge is 0.326 e. The molecule has 1 heterocycles. The molecule has 0 aromatic carbocycles. The molecule has 1 aromatic heterocycles. The number of amides is 3. The zero-order chi connectivity index (χ0) is 23.6. The van der Waals surface area contributed by atoms with Crippen LogP contribution in [0.4, 0.5) is 0 Å². The van der Waals surface area contributed by atoms with Crippen molar-refractivity contribution >= 4 is 35.5 Å². The van der Waals surface area contributed by atoms with Crippen LogP contribution in [0.25, 0.3) is 0 Å². The lowest BCUT2D eigenvalue weighted by Crippen LogP contribution is -2.57. The number of aromatic amines is 1. The molecule has 0 aliphatic carbocycles. The van der Waals surface area contributed by atoms with Gasteiger partial charge >= 0.3 is 5.97 Å². The van der Waals surface area contributed by atoms with Gasteiger partial charge in [0.05, 0.1) is 12.4 Å². The number of carbonyl (C=O) groups excluding carboxylic acids is 3. The standard InChI is InChI=1S/C19H32N6O5S/c1-10(2)15(20)18(28)23-11(3)16(26)25-14(7-12-8-21-9-22-12)17(27)24-13(19(29)30)5-6-31-4/h8-11,13-15H,5-7,20H2,1-4H3,(H,21,22)(H,23,28)(H,24,27)(H,25,26)(H,29,30). The topological polar surface area (TPSA) is 179 Å². The Balaban J connectivity index is 2.87. The molecule has 1 aromatic rings. The van der Waals surface area contributed by atoms with Crippen molar-refractivity contribution in [2.24, 2.45) is 11.7 Å². The molecule has 0 aliphatic rings. The van der Waals surface area contributed by atoms with Gasteiger partial charge in [0.15, 0.2) is 0 Å². The molecular formula is C19H32N6O5S. The van der Waals surface area contributed by atoms with Crippen LogP contribution in [0.1, 0.15) is 32.9 Å². The molecule has 0 aliphatic heterocycles. The van der Waals surface area contributed by atoms with E-state index >= 15 is 0 Å². The van der Waals surface area contributed by atoms with E-state index < -0.39 is 47.9 Å². The molecule has 0 bridgehead atoms. The van der Waals surface area contributed by atoms with Crippen LogP contribution in [0.2, 0.25) is 0 Å². The Bertz CT molecular complexity index is 742. The third-order valence-electron chi connectivity index (χ3n) is 4.61. The van der Waals surface area contributed by atoms with Gasteiger partial charge in [0.2, 0.25) is 17.7 Å². The molecule has 4 unspecified atom stereocenters. The maximum Gasteiger partial charge on any atom is 0.326 e. The lowest BCUT2D eigenvalue weighted by atomic mass is 10.0. The highest BCUT2D eigenvalue weighted by Gasteiger charge is 2.29. The predicted octanol–water partition coefficient (Wildman–Crippen LogP) is -0.752. The largest absolute Gasteiger partial charge is 0.480 e. The van der Waals surface area contributed by atoms with Gasteiger partial charge in [0, 0.05) is 18.3 Å². The van der Waals surface area contributed by atoms with Crippen LogP contribution >= 0.6 is 11.8 Å². The summed E-state index contributed by atoms with van der Waals surface area (Å²) < 4.78 is 0. The van der Waals surface area contributed by atoms with E-state index in [9.17, 15) is 24.3 Å². The number of nitrogens with two attached hydrogens (primary N) is 1. The minimum absolute atomic E-state index is 0.0681. The molecule has 1 rings (SSSR count). The summed E-state index contributed by atoms with van der Waals surface area (Å²) in [7, 11) is 0. The van der Waals surface area contributed by atoms with Crippen LogP contribution in [0, 0.1) is 5.92 Å². The lowest BCUT2D eigenvalue weighted by molar-refractivity contribution is -0.142. The summed E-state index contributed by atoms with van der Waals surface area (Å²) in [4.78, 5) is 55.7. The number of nitrogens with zero attached hydrogens (tertiary/aromatic N) is 1. The van der Waals surface area contributed by atoms with Crippen molar-refractivity contribution in [2.75, 3.05) is 12.0 Å². The minimum atomic E-state index is -1.16. The van der Waals surface area contributed by atoms with Crippen molar-refractivity contribution in [2.45, 2.75) is 57.8 Å². The van der Waals surface area contributed by atoms with Crippen molar-refractivity contribution in [3.05, 3.63) is 18.2 Å². The number of aromatic nitrogens is 2. The van der Waals surface area contributed by atoms with Crippen LogP contribution in [0.3, 0.4) is 0 Å². The lowest BCUT2D eigenvalue weighted by Gasteiger charge is -2.24. The maximum absolute atomic E-state index is 12.8. The molecule has 0 saturated carbocycles. The zero-order valence-corrected chi connectivity index (χ0v) is 19.0. The fourth-order valence-corrected chi connectivity index (χ4v) is 3.04. The number of carboxylic acid groups (broad SMARTS) is 1. The average Bonchev–Trinajstić information content (AvgIpc) is 3.22. The van der Waals surface area contributed by atoms with Crippen molar-refractivity contribution in [1.82, 2.24) is 25.9 Å². The minimum Gasteiger partial charge on any atom is -0.480 e. The molecule has 0 saturated heterocycles. The molecule has 0 fully saturated rings. The fraction of sp³-hybridized carbons (Fsp3) is 0.632. The van der Waals surface area contributed by atoms with Crippen molar-refractivity contribution < 1.29 is 24.3 Å². The van der Waals surface area contributed by atoms with E-state index in [1.165, 1.54) is 31.2 Å². The van der Waals surface area contributed by atoms with Gasteiger partial charge in [-0.1, -0.05) is 13.8 Å². The molecule has 0 radical (unpaired) electrons. The van der Waals surface area contributed by atoms with Crippen molar-refractivity contribution in [3.63, 3.8) is 0 Å². The Morgan fingerprint density at radius 2 is 1.74 bits per heavy atom. The number of H-pyrrole nitrogens is 1. The number of carboxylic acids is 1. The summed E-state index contributed by atoms with van der Waals surface area (Å²) in [5.41, 5.74) is 6.37. The Labute approximate surface area is 185 Å². The molecule has 12 heteroatoms. The van der Waals surface area contributed by atoms with Crippen LogP contribution in [0.5, 0.6) is 0 Å². The highest BCUT2D eigenvalue weighted by Crippen LogP contribution is 2.05. The Hall–Kier alpha value is -2.60. The summed E-state index contributed by atoms with van der Waals surface area (Å²) >= 11 is 1.46. The monoisotopic (exact) mass is 456 g/mol. The van der Waals surface area contributed by atoms with Gasteiger partial charge in [-0.25, -0.2) is 9.78 Å². The van der Waals surface area contributed by atoms with Gasteiger partial charge in [-0.05, 0) is 31.3 Å².